The van der Waals surface area contributed by atoms with Crippen LogP contribution in [0.25, 0.3) is 0 Å². The van der Waals surface area contributed by atoms with Gasteiger partial charge < -0.3 is 19.7 Å². The van der Waals surface area contributed by atoms with Crippen molar-refractivity contribution in [3.8, 4) is 0 Å². The number of carbonyl (C=O) groups is 1. The highest BCUT2D eigenvalue weighted by atomic mass is 16.6. The molecule has 130 valence electrons. The van der Waals surface area contributed by atoms with E-state index in [0.29, 0.717) is 24.6 Å². The van der Waals surface area contributed by atoms with Gasteiger partial charge in [-0.1, -0.05) is 19.8 Å². The SMILES string of the molecule is COC1CCCCC1NCC(C)CN(C)C(=O)OC(C)(C)C. The van der Waals surface area contributed by atoms with Crippen molar-refractivity contribution < 1.29 is 14.3 Å². The number of amides is 1. The summed E-state index contributed by atoms with van der Waals surface area (Å²) in [5.74, 6) is 0.372. The second-order valence-corrected chi connectivity index (χ2v) is 7.54. The predicted molar refractivity (Wildman–Crippen MR) is 89.1 cm³/mol. The Morgan fingerprint density at radius 1 is 1.32 bits per heavy atom. The first-order chi connectivity index (χ1) is 10.2. The molecule has 0 aliphatic heterocycles. The number of ether oxygens (including phenoxy) is 2. The highest BCUT2D eigenvalue weighted by Crippen LogP contribution is 2.21. The highest BCUT2D eigenvalue weighted by molar-refractivity contribution is 5.67. The molecule has 5 nitrogen and oxygen atoms in total. The van der Waals surface area contributed by atoms with Gasteiger partial charge in [0.2, 0.25) is 0 Å². The van der Waals surface area contributed by atoms with E-state index in [1.54, 1.807) is 19.1 Å². The summed E-state index contributed by atoms with van der Waals surface area (Å²) in [5.41, 5.74) is -0.444. The van der Waals surface area contributed by atoms with Crippen molar-refractivity contribution in [3.63, 3.8) is 0 Å². The fraction of sp³-hybridized carbons (Fsp3) is 0.941. The quantitative estimate of drug-likeness (QED) is 0.819. The van der Waals surface area contributed by atoms with Crippen LogP contribution in [0.15, 0.2) is 0 Å². The minimum Gasteiger partial charge on any atom is -0.444 e. The summed E-state index contributed by atoms with van der Waals surface area (Å²) in [7, 11) is 3.59. The zero-order valence-electron chi connectivity index (χ0n) is 15.1. The molecule has 0 heterocycles. The summed E-state index contributed by atoms with van der Waals surface area (Å²) in [6, 6.07) is 0.438. The zero-order valence-corrected chi connectivity index (χ0v) is 15.1. The van der Waals surface area contributed by atoms with E-state index in [9.17, 15) is 4.79 Å². The second-order valence-electron chi connectivity index (χ2n) is 7.54. The monoisotopic (exact) mass is 314 g/mol. The number of methoxy groups -OCH3 is 1. The van der Waals surface area contributed by atoms with Crippen molar-refractivity contribution in [1.29, 1.82) is 0 Å². The molecular weight excluding hydrogens is 280 g/mol. The first-order valence-corrected chi connectivity index (χ1v) is 8.43. The Morgan fingerprint density at radius 3 is 2.55 bits per heavy atom. The van der Waals surface area contributed by atoms with Gasteiger partial charge in [-0.25, -0.2) is 4.79 Å². The van der Waals surface area contributed by atoms with Crippen molar-refractivity contribution in [2.24, 2.45) is 5.92 Å². The number of hydrogen-bond acceptors (Lipinski definition) is 4. The summed E-state index contributed by atoms with van der Waals surface area (Å²) in [6.45, 7) is 9.38. The lowest BCUT2D eigenvalue weighted by Gasteiger charge is -2.32. The standard InChI is InChI=1S/C17H34N2O3/c1-13(12-19(5)16(20)22-17(2,3)4)11-18-14-9-7-8-10-15(14)21-6/h13-15,18H,7-12H2,1-6H3. The lowest BCUT2D eigenvalue weighted by atomic mass is 9.92. The lowest BCUT2D eigenvalue weighted by molar-refractivity contribution is 0.0260. The molecular formula is C17H34N2O3. The van der Waals surface area contributed by atoms with E-state index in [1.165, 1.54) is 19.3 Å². The number of nitrogens with one attached hydrogen (secondary N) is 1. The summed E-state index contributed by atoms with van der Waals surface area (Å²) >= 11 is 0. The van der Waals surface area contributed by atoms with E-state index < -0.39 is 5.60 Å². The van der Waals surface area contributed by atoms with Gasteiger partial charge in [-0.3, -0.25) is 0 Å². The predicted octanol–water partition coefficient (Wildman–Crippen LogP) is 3.04. The van der Waals surface area contributed by atoms with E-state index >= 15 is 0 Å². The van der Waals surface area contributed by atoms with Gasteiger partial charge in [-0.15, -0.1) is 0 Å². The van der Waals surface area contributed by atoms with Gasteiger partial charge in [0.1, 0.15) is 5.60 Å². The minimum absolute atomic E-state index is 0.258. The second kappa shape index (κ2) is 8.73. The molecule has 1 aliphatic rings. The third-order valence-electron chi connectivity index (χ3n) is 4.02. The molecule has 0 radical (unpaired) electrons. The van der Waals surface area contributed by atoms with Crippen LogP contribution in [0.3, 0.4) is 0 Å². The highest BCUT2D eigenvalue weighted by Gasteiger charge is 2.25. The molecule has 5 heteroatoms. The summed E-state index contributed by atoms with van der Waals surface area (Å²) < 4.78 is 10.9. The first-order valence-electron chi connectivity index (χ1n) is 8.43. The van der Waals surface area contributed by atoms with Crippen molar-refractivity contribution in [3.05, 3.63) is 0 Å². The summed E-state index contributed by atoms with van der Waals surface area (Å²) in [4.78, 5) is 13.6. The molecule has 22 heavy (non-hydrogen) atoms. The van der Waals surface area contributed by atoms with Crippen molar-refractivity contribution in [2.45, 2.75) is 71.1 Å². The van der Waals surface area contributed by atoms with Crippen LogP contribution in [0.4, 0.5) is 4.79 Å². The molecule has 3 atom stereocenters. The Morgan fingerprint density at radius 2 is 1.95 bits per heavy atom. The van der Waals surface area contributed by atoms with Gasteiger partial charge in [-0.05, 0) is 46.1 Å². The molecule has 0 spiro atoms. The average Bonchev–Trinajstić information content (AvgIpc) is 2.43. The maximum Gasteiger partial charge on any atom is 0.410 e. The molecule has 0 bridgehead atoms. The Labute approximate surface area is 135 Å². The molecule has 0 saturated heterocycles. The third kappa shape index (κ3) is 6.97. The van der Waals surface area contributed by atoms with Crippen LogP contribution in [-0.2, 0) is 9.47 Å². The van der Waals surface area contributed by atoms with E-state index in [2.05, 4.69) is 12.2 Å². The Balaban J connectivity index is 2.32. The smallest absolute Gasteiger partial charge is 0.410 e. The molecule has 1 fully saturated rings. The maximum atomic E-state index is 12.0. The number of hydrogen-bond donors (Lipinski definition) is 1. The summed E-state index contributed by atoms with van der Waals surface area (Å²) in [6.07, 6.45) is 4.90. The molecule has 3 unspecified atom stereocenters. The molecule has 0 aromatic heterocycles. The van der Waals surface area contributed by atoms with Gasteiger partial charge in [0.25, 0.3) is 0 Å². The molecule has 1 amide bonds. The fourth-order valence-corrected chi connectivity index (χ4v) is 2.91. The van der Waals surface area contributed by atoms with E-state index in [1.807, 2.05) is 20.8 Å². The molecule has 1 saturated carbocycles. The van der Waals surface area contributed by atoms with E-state index in [4.69, 9.17) is 9.47 Å². The number of rotatable bonds is 6. The first kappa shape index (κ1) is 19.2. The van der Waals surface area contributed by atoms with Crippen LogP contribution < -0.4 is 5.32 Å². The zero-order chi connectivity index (χ0) is 16.8. The van der Waals surface area contributed by atoms with Gasteiger partial charge in [0.15, 0.2) is 0 Å². The number of nitrogens with zero attached hydrogens (tertiary/aromatic N) is 1. The minimum atomic E-state index is -0.444. The lowest BCUT2D eigenvalue weighted by Crippen LogP contribution is -2.46. The molecule has 1 aliphatic carbocycles. The number of carbonyl (C=O) groups excluding carboxylic acids is 1. The normalized spacial score (nSPS) is 23.9. The molecule has 0 aromatic rings. The average molecular weight is 314 g/mol. The molecule has 1 rings (SSSR count). The van der Waals surface area contributed by atoms with Crippen molar-refractivity contribution >= 4 is 6.09 Å². The van der Waals surface area contributed by atoms with Crippen LogP contribution in [0.5, 0.6) is 0 Å². The van der Waals surface area contributed by atoms with Crippen LogP contribution in [-0.4, -0.2) is 56.0 Å². The van der Waals surface area contributed by atoms with Gasteiger partial charge in [0, 0.05) is 26.7 Å². The topological polar surface area (TPSA) is 50.8 Å². The van der Waals surface area contributed by atoms with Gasteiger partial charge >= 0.3 is 6.09 Å². The van der Waals surface area contributed by atoms with Gasteiger partial charge in [0.05, 0.1) is 6.10 Å². The van der Waals surface area contributed by atoms with Crippen LogP contribution in [0, 0.1) is 5.92 Å². The van der Waals surface area contributed by atoms with Crippen LogP contribution in [0.1, 0.15) is 53.4 Å². The van der Waals surface area contributed by atoms with Crippen LogP contribution in [0.2, 0.25) is 0 Å². The van der Waals surface area contributed by atoms with E-state index in [-0.39, 0.29) is 6.09 Å². The maximum absolute atomic E-state index is 12.0. The largest absolute Gasteiger partial charge is 0.444 e. The summed E-state index contributed by atoms with van der Waals surface area (Å²) in [5, 5.41) is 3.61. The molecule has 0 aromatic carbocycles. The van der Waals surface area contributed by atoms with Crippen molar-refractivity contribution in [2.75, 3.05) is 27.2 Å². The van der Waals surface area contributed by atoms with Crippen LogP contribution >= 0.6 is 0 Å². The molecule has 1 N–H and O–H groups in total. The van der Waals surface area contributed by atoms with Crippen molar-refractivity contribution in [1.82, 2.24) is 10.2 Å². The van der Waals surface area contributed by atoms with E-state index in [0.717, 1.165) is 13.0 Å². The Kier molecular flexibility index (Phi) is 7.63. The third-order valence-corrected chi connectivity index (χ3v) is 4.02. The Bertz CT molecular complexity index is 341. The Hall–Kier alpha value is -0.810. The van der Waals surface area contributed by atoms with Gasteiger partial charge in [-0.2, -0.15) is 0 Å². The fourth-order valence-electron chi connectivity index (χ4n) is 2.91.